The normalized spacial score (nSPS) is 14.6. The van der Waals surface area contributed by atoms with Crippen LogP contribution in [0.5, 0.6) is 0 Å². The first-order chi connectivity index (χ1) is 4.89. The highest BCUT2D eigenvalue weighted by Gasteiger charge is 2.27. The standard InChI is InChI=1S/C8H15O3/c1-8(2,3)7(11)6(10)4-5-9/h5-6,9-10H,4H2,1-3H3. The second-order valence-corrected chi connectivity index (χ2v) is 3.55. The Labute approximate surface area is 67.0 Å². The summed E-state index contributed by atoms with van der Waals surface area (Å²) in [6, 6.07) is 0. The van der Waals surface area contributed by atoms with Crippen molar-refractivity contribution in [3.05, 3.63) is 6.61 Å². The van der Waals surface area contributed by atoms with Crippen molar-refractivity contribution in [2.45, 2.75) is 33.3 Å². The molecule has 0 fully saturated rings. The molecule has 0 heterocycles. The van der Waals surface area contributed by atoms with E-state index < -0.39 is 11.5 Å². The Bertz CT molecular complexity index is 135. The highest BCUT2D eigenvalue weighted by molar-refractivity contribution is 5.87. The maximum absolute atomic E-state index is 11.2. The van der Waals surface area contributed by atoms with Gasteiger partial charge in [-0.1, -0.05) is 20.8 Å². The maximum Gasteiger partial charge on any atom is 0.166 e. The van der Waals surface area contributed by atoms with Crippen LogP contribution in [0.15, 0.2) is 0 Å². The largest absolute Gasteiger partial charge is 0.390 e. The predicted molar refractivity (Wildman–Crippen MR) is 41.3 cm³/mol. The van der Waals surface area contributed by atoms with Gasteiger partial charge in [-0.2, -0.15) is 0 Å². The van der Waals surface area contributed by atoms with Gasteiger partial charge in [-0.3, -0.25) is 4.79 Å². The van der Waals surface area contributed by atoms with Crippen molar-refractivity contribution in [2.75, 3.05) is 0 Å². The number of ketones is 1. The van der Waals surface area contributed by atoms with Gasteiger partial charge in [0, 0.05) is 11.8 Å². The van der Waals surface area contributed by atoms with Crippen molar-refractivity contribution in [1.82, 2.24) is 0 Å². The molecule has 3 nitrogen and oxygen atoms in total. The van der Waals surface area contributed by atoms with Gasteiger partial charge >= 0.3 is 0 Å². The summed E-state index contributed by atoms with van der Waals surface area (Å²) < 4.78 is 0. The zero-order chi connectivity index (χ0) is 9.07. The van der Waals surface area contributed by atoms with Crippen molar-refractivity contribution < 1.29 is 15.0 Å². The molecule has 0 bridgehead atoms. The molecule has 0 aromatic rings. The molecule has 65 valence electrons. The molecule has 0 saturated carbocycles. The van der Waals surface area contributed by atoms with E-state index >= 15 is 0 Å². The van der Waals surface area contributed by atoms with Crippen LogP contribution in [-0.2, 0) is 4.79 Å². The lowest BCUT2D eigenvalue weighted by molar-refractivity contribution is -0.135. The van der Waals surface area contributed by atoms with Crippen LogP contribution in [0.2, 0.25) is 0 Å². The van der Waals surface area contributed by atoms with Gasteiger partial charge in [0.15, 0.2) is 5.78 Å². The van der Waals surface area contributed by atoms with Gasteiger partial charge in [0.1, 0.15) is 6.10 Å². The van der Waals surface area contributed by atoms with Crippen LogP contribution in [0.1, 0.15) is 27.2 Å². The number of rotatable bonds is 3. The molecule has 0 aromatic carbocycles. The summed E-state index contributed by atoms with van der Waals surface area (Å²) in [5, 5.41) is 17.4. The molecule has 0 aromatic heterocycles. The molecule has 0 spiro atoms. The molecule has 11 heavy (non-hydrogen) atoms. The highest BCUT2D eigenvalue weighted by Crippen LogP contribution is 2.18. The minimum Gasteiger partial charge on any atom is -0.390 e. The van der Waals surface area contributed by atoms with Crippen LogP contribution in [0, 0.1) is 12.0 Å². The zero-order valence-electron chi connectivity index (χ0n) is 7.16. The summed E-state index contributed by atoms with van der Waals surface area (Å²) in [6.45, 7) is 6.00. The van der Waals surface area contributed by atoms with Gasteiger partial charge in [0.25, 0.3) is 0 Å². The fraction of sp³-hybridized carbons (Fsp3) is 0.750. The molecule has 0 rings (SSSR count). The quantitative estimate of drug-likeness (QED) is 0.643. The Morgan fingerprint density at radius 1 is 1.55 bits per heavy atom. The number of aliphatic hydroxyl groups is 2. The molecule has 0 aliphatic rings. The molecule has 1 radical (unpaired) electrons. The number of carbonyl (C=O) groups is 1. The average molecular weight is 159 g/mol. The maximum atomic E-state index is 11.2. The van der Waals surface area contributed by atoms with Gasteiger partial charge in [-0.15, -0.1) is 0 Å². The third-order valence-electron chi connectivity index (χ3n) is 1.37. The van der Waals surface area contributed by atoms with Gasteiger partial charge in [0.2, 0.25) is 0 Å². The van der Waals surface area contributed by atoms with E-state index in [-0.39, 0.29) is 12.2 Å². The van der Waals surface area contributed by atoms with E-state index in [9.17, 15) is 4.79 Å². The van der Waals surface area contributed by atoms with Crippen molar-refractivity contribution in [3.8, 4) is 0 Å². The topological polar surface area (TPSA) is 57.5 Å². The second-order valence-electron chi connectivity index (χ2n) is 3.55. The van der Waals surface area contributed by atoms with Crippen molar-refractivity contribution >= 4 is 5.78 Å². The van der Waals surface area contributed by atoms with Crippen LogP contribution in [-0.4, -0.2) is 22.1 Å². The fourth-order valence-electron chi connectivity index (χ4n) is 0.707. The average Bonchev–Trinajstić information content (AvgIpc) is 1.85. The molecule has 0 aliphatic heterocycles. The number of Topliss-reactive ketones (excluding diaryl/α,β-unsaturated/α-hetero) is 1. The van der Waals surface area contributed by atoms with Crippen LogP contribution in [0.4, 0.5) is 0 Å². The van der Waals surface area contributed by atoms with Crippen LogP contribution >= 0.6 is 0 Å². The van der Waals surface area contributed by atoms with Crippen LogP contribution < -0.4 is 0 Å². The summed E-state index contributed by atoms with van der Waals surface area (Å²) >= 11 is 0. The number of hydrogen-bond donors (Lipinski definition) is 2. The molecule has 2 N–H and O–H groups in total. The summed E-state index contributed by atoms with van der Waals surface area (Å²) in [6.07, 6.45) is -1.06. The van der Waals surface area contributed by atoms with Crippen molar-refractivity contribution in [1.29, 1.82) is 0 Å². The van der Waals surface area contributed by atoms with E-state index in [1.807, 2.05) is 0 Å². The number of aliphatic hydroxyl groups excluding tert-OH is 2. The summed E-state index contributed by atoms with van der Waals surface area (Å²) in [5.41, 5.74) is -0.539. The lowest BCUT2D eigenvalue weighted by Gasteiger charge is -2.19. The summed E-state index contributed by atoms with van der Waals surface area (Å²) in [4.78, 5) is 11.2. The van der Waals surface area contributed by atoms with E-state index in [1.165, 1.54) is 0 Å². The minimum atomic E-state index is -1.07. The van der Waals surface area contributed by atoms with E-state index in [0.717, 1.165) is 6.61 Å². The first-order valence-corrected chi connectivity index (χ1v) is 3.58. The fourth-order valence-corrected chi connectivity index (χ4v) is 0.707. The van der Waals surface area contributed by atoms with Crippen molar-refractivity contribution in [2.24, 2.45) is 5.41 Å². The summed E-state index contributed by atoms with van der Waals surface area (Å²) in [5.74, 6) is -0.247. The second kappa shape index (κ2) is 3.83. The monoisotopic (exact) mass is 159 g/mol. The first-order valence-electron chi connectivity index (χ1n) is 3.58. The lowest BCUT2D eigenvalue weighted by atomic mass is 9.87. The molecule has 0 amide bonds. The van der Waals surface area contributed by atoms with Gasteiger partial charge in [-0.05, 0) is 0 Å². The highest BCUT2D eigenvalue weighted by atomic mass is 16.3. The Morgan fingerprint density at radius 2 is 2.00 bits per heavy atom. The smallest absolute Gasteiger partial charge is 0.166 e. The van der Waals surface area contributed by atoms with Crippen LogP contribution in [0.25, 0.3) is 0 Å². The number of carbonyl (C=O) groups excluding carboxylic acids is 1. The van der Waals surface area contributed by atoms with Gasteiger partial charge in [0.05, 0.1) is 6.61 Å². The van der Waals surface area contributed by atoms with Gasteiger partial charge in [-0.25, -0.2) is 0 Å². The Kier molecular flexibility index (Phi) is 3.69. The van der Waals surface area contributed by atoms with E-state index in [2.05, 4.69) is 0 Å². The Morgan fingerprint density at radius 3 is 2.27 bits per heavy atom. The zero-order valence-corrected chi connectivity index (χ0v) is 7.16. The Balaban J connectivity index is 4.03. The van der Waals surface area contributed by atoms with E-state index in [1.54, 1.807) is 20.8 Å². The Hall–Kier alpha value is -0.410. The third kappa shape index (κ3) is 3.49. The van der Waals surface area contributed by atoms with Crippen molar-refractivity contribution in [3.63, 3.8) is 0 Å². The molecular formula is C8H15O3. The number of hydrogen-bond acceptors (Lipinski definition) is 3. The molecule has 0 aliphatic carbocycles. The molecule has 1 unspecified atom stereocenters. The van der Waals surface area contributed by atoms with E-state index in [4.69, 9.17) is 10.2 Å². The van der Waals surface area contributed by atoms with Gasteiger partial charge < -0.3 is 10.2 Å². The lowest BCUT2D eigenvalue weighted by Crippen LogP contribution is -2.32. The molecule has 3 heteroatoms. The predicted octanol–water partition coefficient (Wildman–Crippen LogP) is 0.887. The molecular weight excluding hydrogens is 144 g/mol. The first kappa shape index (κ1) is 10.6. The minimum absolute atomic E-state index is 0.0100. The van der Waals surface area contributed by atoms with Crippen LogP contribution in [0.3, 0.4) is 0 Å². The molecule has 1 atom stereocenters. The summed E-state index contributed by atoms with van der Waals surface area (Å²) in [7, 11) is 0. The van der Waals surface area contributed by atoms with E-state index in [0.29, 0.717) is 0 Å². The third-order valence-corrected chi connectivity index (χ3v) is 1.37. The molecule has 0 saturated heterocycles. The SMILES string of the molecule is CC(C)(C)C(=O)C(O)C[CH]O.